The van der Waals surface area contributed by atoms with Crippen molar-refractivity contribution in [1.29, 1.82) is 0 Å². The van der Waals surface area contributed by atoms with Crippen molar-refractivity contribution in [3.05, 3.63) is 0 Å². The van der Waals surface area contributed by atoms with Crippen LogP contribution in [-0.4, -0.2) is 14.0 Å². The van der Waals surface area contributed by atoms with Gasteiger partial charge in [-0.25, -0.2) is 0 Å². The third-order valence-electron chi connectivity index (χ3n) is 1.82. The molecule has 1 rings (SSSR count). The standard InChI is InChI=1S/C6H12O2S/c7-9(8)6-4-2-1-3-5-6/h6H,1-5H2,(H,7,8)/p-1. The molecule has 0 aromatic heterocycles. The Morgan fingerprint density at radius 3 is 2.11 bits per heavy atom. The SMILES string of the molecule is O=S([O-])C1CCCCC1. The van der Waals surface area contributed by atoms with E-state index in [0.717, 1.165) is 25.7 Å². The fourth-order valence-electron chi connectivity index (χ4n) is 1.26. The second-order valence-electron chi connectivity index (χ2n) is 2.52. The Morgan fingerprint density at radius 2 is 1.78 bits per heavy atom. The van der Waals surface area contributed by atoms with E-state index in [-0.39, 0.29) is 5.25 Å². The molecule has 0 aliphatic heterocycles. The van der Waals surface area contributed by atoms with E-state index in [9.17, 15) is 8.76 Å². The summed E-state index contributed by atoms with van der Waals surface area (Å²) >= 11 is -1.80. The van der Waals surface area contributed by atoms with Gasteiger partial charge < -0.3 is 4.55 Å². The van der Waals surface area contributed by atoms with Crippen molar-refractivity contribution in [3.63, 3.8) is 0 Å². The summed E-state index contributed by atoms with van der Waals surface area (Å²) in [6, 6.07) is 0. The van der Waals surface area contributed by atoms with Crippen LogP contribution in [0.3, 0.4) is 0 Å². The molecule has 54 valence electrons. The van der Waals surface area contributed by atoms with E-state index in [1.165, 1.54) is 6.42 Å². The van der Waals surface area contributed by atoms with Gasteiger partial charge in [0.25, 0.3) is 0 Å². The Labute approximate surface area is 57.9 Å². The topological polar surface area (TPSA) is 40.1 Å². The zero-order chi connectivity index (χ0) is 6.69. The van der Waals surface area contributed by atoms with Gasteiger partial charge in [0, 0.05) is 5.25 Å². The molecule has 1 atom stereocenters. The predicted molar refractivity (Wildman–Crippen MR) is 35.8 cm³/mol. The molecule has 9 heavy (non-hydrogen) atoms. The molecular formula is C6H11O2S-. The molecule has 0 N–H and O–H groups in total. The van der Waals surface area contributed by atoms with E-state index in [4.69, 9.17) is 0 Å². The minimum absolute atomic E-state index is 0.0289. The minimum Gasteiger partial charge on any atom is -0.772 e. The molecule has 0 aromatic carbocycles. The van der Waals surface area contributed by atoms with Gasteiger partial charge in [-0.05, 0) is 12.8 Å². The third kappa shape index (κ3) is 2.06. The van der Waals surface area contributed by atoms with Crippen LogP contribution in [0.4, 0.5) is 0 Å². The molecule has 0 bridgehead atoms. The van der Waals surface area contributed by atoms with Crippen LogP contribution in [0.2, 0.25) is 0 Å². The number of hydrogen-bond donors (Lipinski definition) is 0. The summed E-state index contributed by atoms with van der Waals surface area (Å²) in [5.41, 5.74) is 0. The molecule has 0 amide bonds. The Morgan fingerprint density at radius 1 is 1.22 bits per heavy atom. The lowest BCUT2D eigenvalue weighted by molar-refractivity contribution is 0.461. The minimum atomic E-state index is -1.80. The zero-order valence-electron chi connectivity index (χ0n) is 5.34. The quantitative estimate of drug-likeness (QED) is 0.523. The molecule has 1 aliphatic carbocycles. The lowest BCUT2D eigenvalue weighted by atomic mass is 10.0. The van der Waals surface area contributed by atoms with Gasteiger partial charge >= 0.3 is 0 Å². The van der Waals surface area contributed by atoms with Crippen LogP contribution in [-0.2, 0) is 11.1 Å². The summed E-state index contributed by atoms with van der Waals surface area (Å²) in [5.74, 6) is 0. The maximum Gasteiger partial charge on any atom is 0.0215 e. The lowest BCUT2D eigenvalue weighted by Gasteiger charge is -2.23. The van der Waals surface area contributed by atoms with Crippen molar-refractivity contribution >= 4 is 11.1 Å². The van der Waals surface area contributed by atoms with Crippen LogP contribution in [0.5, 0.6) is 0 Å². The molecule has 3 heteroatoms. The Balaban J connectivity index is 2.31. The van der Waals surface area contributed by atoms with Gasteiger partial charge in [0.2, 0.25) is 0 Å². The second kappa shape index (κ2) is 3.32. The molecule has 0 aromatic rings. The molecular weight excluding hydrogens is 136 g/mol. The van der Waals surface area contributed by atoms with Gasteiger partial charge in [-0.15, -0.1) is 0 Å². The van der Waals surface area contributed by atoms with Gasteiger partial charge in [-0.2, -0.15) is 0 Å². The van der Waals surface area contributed by atoms with Gasteiger partial charge in [0.15, 0.2) is 0 Å². The highest BCUT2D eigenvalue weighted by molar-refractivity contribution is 7.79. The van der Waals surface area contributed by atoms with Crippen molar-refractivity contribution in [2.24, 2.45) is 0 Å². The average Bonchev–Trinajstić information content (AvgIpc) is 1.90. The van der Waals surface area contributed by atoms with Crippen LogP contribution >= 0.6 is 0 Å². The maximum atomic E-state index is 10.4. The van der Waals surface area contributed by atoms with Crippen molar-refractivity contribution in [2.75, 3.05) is 0 Å². The smallest absolute Gasteiger partial charge is 0.0215 e. The van der Waals surface area contributed by atoms with Crippen molar-refractivity contribution < 1.29 is 8.76 Å². The van der Waals surface area contributed by atoms with Crippen molar-refractivity contribution in [2.45, 2.75) is 37.4 Å². The Bertz CT molecular complexity index is 108. The summed E-state index contributed by atoms with van der Waals surface area (Å²) in [5, 5.41) is -0.0289. The first-order valence-electron chi connectivity index (χ1n) is 3.39. The molecule has 0 heterocycles. The summed E-state index contributed by atoms with van der Waals surface area (Å²) in [6.07, 6.45) is 5.18. The van der Waals surface area contributed by atoms with Crippen LogP contribution in [0.25, 0.3) is 0 Å². The second-order valence-corrected chi connectivity index (χ2v) is 3.71. The molecule has 1 saturated carbocycles. The van der Waals surface area contributed by atoms with Gasteiger partial charge in [0.1, 0.15) is 0 Å². The highest BCUT2D eigenvalue weighted by Gasteiger charge is 2.12. The van der Waals surface area contributed by atoms with Gasteiger partial charge in [-0.1, -0.05) is 30.3 Å². The average molecular weight is 147 g/mol. The summed E-state index contributed by atoms with van der Waals surface area (Å²) in [7, 11) is 0. The Kier molecular flexibility index (Phi) is 2.66. The van der Waals surface area contributed by atoms with Crippen LogP contribution in [0, 0.1) is 0 Å². The van der Waals surface area contributed by atoms with E-state index in [0.29, 0.717) is 0 Å². The zero-order valence-corrected chi connectivity index (χ0v) is 6.15. The first kappa shape index (κ1) is 7.22. The highest BCUT2D eigenvalue weighted by Crippen LogP contribution is 2.20. The van der Waals surface area contributed by atoms with Crippen molar-refractivity contribution in [1.82, 2.24) is 0 Å². The largest absolute Gasteiger partial charge is 0.772 e. The van der Waals surface area contributed by atoms with E-state index in [2.05, 4.69) is 0 Å². The van der Waals surface area contributed by atoms with E-state index in [1.807, 2.05) is 0 Å². The normalized spacial score (nSPS) is 25.9. The third-order valence-corrected chi connectivity index (χ3v) is 2.84. The van der Waals surface area contributed by atoms with Crippen LogP contribution in [0.1, 0.15) is 32.1 Å². The first-order valence-corrected chi connectivity index (χ1v) is 4.52. The van der Waals surface area contributed by atoms with E-state index in [1.54, 1.807) is 0 Å². The van der Waals surface area contributed by atoms with E-state index < -0.39 is 11.1 Å². The fraction of sp³-hybridized carbons (Fsp3) is 1.00. The van der Waals surface area contributed by atoms with Crippen LogP contribution in [0.15, 0.2) is 0 Å². The molecule has 2 nitrogen and oxygen atoms in total. The Hall–Kier alpha value is 0.110. The molecule has 1 fully saturated rings. The molecule has 0 saturated heterocycles. The van der Waals surface area contributed by atoms with Crippen molar-refractivity contribution in [3.8, 4) is 0 Å². The predicted octanol–water partition coefficient (Wildman–Crippen LogP) is 1.20. The lowest BCUT2D eigenvalue weighted by Crippen LogP contribution is -2.17. The first-order chi connectivity index (χ1) is 4.30. The highest BCUT2D eigenvalue weighted by atomic mass is 32.2. The summed E-state index contributed by atoms with van der Waals surface area (Å²) < 4.78 is 20.7. The molecule has 0 radical (unpaired) electrons. The molecule has 1 aliphatic rings. The number of rotatable bonds is 1. The maximum absolute atomic E-state index is 10.4. The molecule has 1 unspecified atom stereocenters. The summed E-state index contributed by atoms with van der Waals surface area (Å²) in [6.45, 7) is 0. The van der Waals surface area contributed by atoms with Crippen LogP contribution < -0.4 is 0 Å². The van der Waals surface area contributed by atoms with Gasteiger partial charge in [0.05, 0.1) is 0 Å². The summed E-state index contributed by atoms with van der Waals surface area (Å²) in [4.78, 5) is 0. The number of hydrogen-bond acceptors (Lipinski definition) is 2. The fourth-order valence-corrected chi connectivity index (χ4v) is 1.98. The van der Waals surface area contributed by atoms with Gasteiger partial charge in [-0.3, -0.25) is 4.21 Å². The monoisotopic (exact) mass is 147 g/mol. The molecule has 0 spiro atoms. The van der Waals surface area contributed by atoms with E-state index >= 15 is 0 Å².